The number of fused-ring (bicyclic) bond motifs is 5. The van der Waals surface area contributed by atoms with Crippen molar-refractivity contribution < 1.29 is 95.3 Å². The standard InChI is InChI=1S/C27H42O4.C21H34O4.C19H30O4.C17H26O4.C15H22O4/c1-4-26(2,3)25(29)31-27(18-11-7-5-8-12-18,19-13-9-6-10-14-19)23-17-15-20-21(16-17)30-24(28)22(20)23;1-8-20(6,7)19(23)25-21(11(2)3,12(4)5)17-13-9-14-15(10-13)24-18(22)16(14)17;1-6-18(4,5)17(21)23-19(7-2,8-3)15-11-9-12-13(10-11)22-16(20)14(12)15;1-6-16(2,3)15(19)21-17(4,5)13-9-7-10-11(8-9)20-14(18)12(10)13;1-4-15(2,3)14(17)18-7-10-8-5-9-11(6-8)19-13(16)12(9)10/h17-23H,4-16H2,1-3H3;11-17H,8-10H2,1-7H3;11-15H,6-10H2,1-5H3;9-13H,6-8H2,1-5H3;8-12H,4-7H2,1-3H3. The number of ether oxygens (including phenoxy) is 10. The summed E-state index contributed by atoms with van der Waals surface area (Å²) in [5.41, 5.74) is -4.60. The molecule has 0 aromatic heterocycles. The third kappa shape index (κ3) is 15.9. The molecular weight excluding hydrogens is 1510 g/mol. The van der Waals surface area contributed by atoms with Crippen LogP contribution in [0.15, 0.2) is 0 Å². The van der Waals surface area contributed by atoms with Gasteiger partial charge in [0.15, 0.2) is 0 Å². The molecule has 25 unspecified atom stereocenters. The van der Waals surface area contributed by atoms with Crippen LogP contribution in [-0.2, 0) is 95.3 Å². The van der Waals surface area contributed by atoms with Crippen LogP contribution in [0.4, 0.5) is 0 Å². The molecule has 17 fully saturated rings. The average molecular weight is 1660 g/mol. The van der Waals surface area contributed by atoms with Crippen LogP contribution in [-0.4, -0.2) is 119 Å². The first kappa shape index (κ1) is 91.4. The summed E-state index contributed by atoms with van der Waals surface area (Å²) in [6.45, 7) is 46.5. The summed E-state index contributed by atoms with van der Waals surface area (Å²) in [7, 11) is 0. The minimum absolute atomic E-state index is 0.0127. The molecule has 20 heteroatoms. The third-order valence-corrected chi connectivity index (χ3v) is 36.3. The summed E-state index contributed by atoms with van der Waals surface area (Å²) < 4.78 is 58.8. The Labute approximate surface area is 712 Å². The van der Waals surface area contributed by atoms with Crippen LogP contribution in [0, 0.1) is 169 Å². The molecule has 25 atom stereocenters. The van der Waals surface area contributed by atoms with Crippen LogP contribution < -0.4 is 0 Å². The van der Waals surface area contributed by atoms with E-state index in [4.69, 9.17) is 47.4 Å². The zero-order valence-corrected chi connectivity index (χ0v) is 77.2. The summed E-state index contributed by atoms with van der Waals surface area (Å²) in [4.78, 5) is 126. The SMILES string of the molecule is CCC(C)(C)C(=O)OC(C(C)C)(C(C)C)C1C2CC3OC(=O)C1C3C2.CCC(C)(C)C(=O)OC(C)(C)C1C2CC3OC(=O)C1C3C2.CCC(C)(C)C(=O)OC(C1CCCCC1)(C1CCCCC1)C1C2CC3OC(=O)C1C3C2.CCC(C)(C)C(=O)OC(CC)(CC)C1C2CC3OC(=O)C1C3C2.CCC(C)(C)C(=O)OCC1C2CC3OC(=O)C1C3C2. The van der Waals surface area contributed by atoms with Crippen LogP contribution in [0.25, 0.3) is 0 Å². The van der Waals surface area contributed by atoms with E-state index < -0.39 is 49.5 Å². The Kier molecular flexibility index (Phi) is 26.0. The van der Waals surface area contributed by atoms with Gasteiger partial charge in [-0.05, 0) is 271 Å². The van der Waals surface area contributed by atoms with E-state index in [-0.39, 0.29) is 161 Å². The lowest BCUT2D eigenvalue weighted by molar-refractivity contribution is -0.214. The maximum absolute atomic E-state index is 13.7. The van der Waals surface area contributed by atoms with Gasteiger partial charge < -0.3 is 47.4 Å². The Bertz CT molecular complexity index is 3730. The maximum atomic E-state index is 13.7. The second-order valence-corrected chi connectivity index (χ2v) is 45.2. The first-order chi connectivity index (χ1) is 55.8. The quantitative estimate of drug-likeness (QED) is 0.0575. The number of esters is 10. The molecule has 0 spiro atoms. The van der Waals surface area contributed by atoms with E-state index >= 15 is 0 Å². The molecule has 0 radical (unpaired) electrons. The minimum atomic E-state index is -0.609. The molecule has 12 saturated carbocycles. The number of hydrogen-bond donors (Lipinski definition) is 0. The molecule has 10 bridgehead atoms. The molecule has 0 aromatic rings. The lowest BCUT2D eigenvalue weighted by Gasteiger charge is -2.55. The zero-order chi connectivity index (χ0) is 86.9. The van der Waals surface area contributed by atoms with Gasteiger partial charge in [0, 0.05) is 59.2 Å². The van der Waals surface area contributed by atoms with Crippen LogP contribution in [0.3, 0.4) is 0 Å². The van der Waals surface area contributed by atoms with Crippen molar-refractivity contribution in [3.8, 4) is 0 Å². The fourth-order valence-electron chi connectivity index (χ4n) is 27.7. The van der Waals surface area contributed by atoms with Crippen LogP contribution >= 0.6 is 0 Å². The smallest absolute Gasteiger partial charge is 0.312 e. The Hall–Kier alpha value is -5.30. The molecule has 17 aliphatic rings. The van der Waals surface area contributed by atoms with Gasteiger partial charge >= 0.3 is 59.7 Å². The zero-order valence-electron chi connectivity index (χ0n) is 77.2. The van der Waals surface area contributed by atoms with Crippen LogP contribution in [0.1, 0.15) is 333 Å². The molecule has 119 heavy (non-hydrogen) atoms. The molecular formula is C99H154O20. The third-order valence-electron chi connectivity index (χ3n) is 36.3. The highest BCUT2D eigenvalue weighted by atomic mass is 16.6. The summed E-state index contributed by atoms with van der Waals surface area (Å²) in [6, 6.07) is 0. The van der Waals surface area contributed by atoms with E-state index in [1.165, 1.54) is 38.5 Å². The Morgan fingerprint density at radius 2 is 0.622 bits per heavy atom. The maximum Gasteiger partial charge on any atom is 0.312 e. The Balaban J connectivity index is 0.000000130. The number of hydrogen-bond acceptors (Lipinski definition) is 20. The van der Waals surface area contributed by atoms with E-state index in [2.05, 4.69) is 48.5 Å². The fraction of sp³-hybridized carbons (Fsp3) is 0.899. The molecule has 5 aliphatic heterocycles. The average Bonchev–Trinajstić information content (AvgIpc) is 1.57. The van der Waals surface area contributed by atoms with Gasteiger partial charge in [-0.3, -0.25) is 47.9 Å². The van der Waals surface area contributed by atoms with E-state index in [1.54, 1.807) is 0 Å². The number of rotatable bonds is 26. The van der Waals surface area contributed by atoms with Gasteiger partial charge in [0.05, 0.1) is 63.3 Å². The van der Waals surface area contributed by atoms with Gasteiger partial charge in [-0.1, -0.05) is 115 Å². The van der Waals surface area contributed by atoms with Crippen molar-refractivity contribution in [2.75, 3.05) is 6.61 Å². The van der Waals surface area contributed by atoms with Crippen molar-refractivity contribution in [2.45, 2.75) is 386 Å². The molecule has 0 aromatic carbocycles. The van der Waals surface area contributed by atoms with Gasteiger partial charge in [0.25, 0.3) is 0 Å². The molecule has 0 N–H and O–H groups in total. The normalized spacial score (nSPS) is 36.5. The first-order valence-electron chi connectivity index (χ1n) is 48.0. The molecule has 20 nitrogen and oxygen atoms in total. The van der Waals surface area contributed by atoms with Crippen molar-refractivity contribution in [1.29, 1.82) is 0 Å². The van der Waals surface area contributed by atoms with E-state index in [9.17, 15) is 47.9 Å². The number of carbonyl (C=O) groups excluding carboxylic acids is 10. The monoisotopic (exact) mass is 1660 g/mol. The van der Waals surface area contributed by atoms with Gasteiger partial charge in [0.2, 0.25) is 0 Å². The largest absolute Gasteiger partial charge is 0.465 e. The van der Waals surface area contributed by atoms with E-state index in [1.807, 2.05) is 111 Å². The summed E-state index contributed by atoms with van der Waals surface area (Å²) >= 11 is 0. The second-order valence-electron chi connectivity index (χ2n) is 45.2. The Morgan fingerprint density at radius 1 is 0.328 bits per heavy atom. The van der Waals surface area contributed by atoms with Crippen molar-refractivity contribution in [3.63, 3.8) is 0 Å². The first-order valence-corrected chi connectivity index (χ1v) is 48.0. The van der Waals surface area contributed by atoms with Gasteiger partial charge in [-0.25, -0.2) is 0 Å². The van der Waals surface area contributed by atoms with Crippen molar-refractivity contribution in [1.82, 2.24) is 0 Å². The highest BCUT2D eigenvalue weighted by Crippen LogP contribution is 2.69. The molecule has 5 saturated heterocycles. The summed E-state index contributed by atoms with van der Waals surface area (Å²) in [5, 5.41) is 0. The van der Waals surface area contributed by atoms with Gasteiger partial charge in [-0.15, -0.1) is 0 Å². The highest BCUT2D eigenvalue weighted by Gasteiger charge is 2.74. The topological polar surface area (TPSA) is 263 Å². The number of carbonyl (C=O) groups is 10. The Morgan fingerprint density at radius 3 is 1.01 bits per heavy atom. The van der Waals surface area contributed by atoms with Crippen molar-refractivity contribution >= 4 is 59.7 Å². The highest BCUT2D eigenvalue weighted by molar-refractivity contribution is 5.83. The molecule has 670 valence electrons. The minimum Gasteiger partial charge on any atom is -0.465 e. The summed E-state index contributed by atoms with van der Waals surface area (Å²) in [5.74, 6) is 4.77. The molecule has 5 heterocycles. The van der Waals surface area contributed by atoms with Gasteiger partial charge in [-0.2, -0.15) is 0 Å². The second kappa shape index (κ2) is 33.9. The molecule has 12 aliphatic carbocycles. The van der Waals surface area contributed by atoms with Crippen molar-refractivity contribution in [2.24, 2.45) is 169 Å². The van der Waals surface area contributed by atoms with E-state index in [0.29, 0.717) is 77.6 Å². The van der Waals surface area contributed by atoms with Crippen molar-refractivity contribution in [3.05, 3.63) is 0 Å². The lowest BCUT2D eigenvalue weighted by atomic mass is 9.56. The van der Waals surface area contributed by atoms with Crippen LogP contribution in [0.2, 0.25) is 0 Å². The van der Waals surface area contributed by atoms with Gasteiger partial charge in [0.1, 0.15) is 52.9 Å². The summed E-state index contributed by atoms with van der Waals surface area (Å²) in [6.07, 6.45) is 28.1. The molecule has 17 rings (SSSR count). The fourth-order valence-corrected chi connectivity index (χ4v) is 27.7. The predicted octanol–water partition coefficient (Wildman–Crippen LogP) is 19.1. The predicted molar refractivity (Wildman–Crippen MR) is 447 cm³/mol. The molecule has 0 amide bonds. The lowest BCUT2D eigenvalue weighted by Crippen LogP contribution is -2.60. The van der Waals surface area contributed by atoms with E-state index in [0.717, 1.165) is 135 Å². The van der Waals surface area contributed by atoms with Crippen LogP contribution in [0.5, 0.6) is 0 Å².